The summed E-state index contributed by atoms with van der Waals surface area (Å²) < 4.78 is 11.4. The number of amides is 2. The van der Waals surface area contributed by atoms with E-state index >= 15 is 0 Å². The largest absolute Gasteiger partial charge is 0.413 e. The number of halogens is 2. The van der Waals surface area contributed by atoms with Crippen molar-refractivity contribution in [2.24, 2.45) is 0 Å². The monoisotopic (exact) mass is 508 g/mol. The number of rotatable bonds is 9. The van der Waals surface area contributed by atoms with E-state index in [-0.39, 0.29) is 13.1 Å². The summed E-state index contributed by atoms with van der Waals surface area (Å²) in [6.45, 7) is 9.76. The van der Waals surface area contributed by atoms with Gasteiger partial charge in [-0.3, -0.25) is 4.90 Å². The third-order valence-corrected chi connectivity index (χ3v) is 5.41. The van der Waals surface area contributed by atoms with Crippen molar-refractivity contribution in [1.29, 1.82) is 0 Å². The molecule has 6 nitrogen and oxygen atoms in total. The molecule has 0 unspecified atom stereocenters. The first-order valence-corrected chi connectivity index (χ1v) is 12.1. The van der Waals surface area contributed by atoms with Gasteiger partial charge in [0.2, 0.25) is 0 Å². The SMILES string of the molecule is CCCC[C@@](C)(OC(=O)NC(C)(C)C)OC(=O)N(Cc1ccc(Cl)cc1)Cc1ccc(Cl)cc1. The van der Waals surface area contributed by atoms with Crippen LogP contribution in [0.1, 0.15) is 65.0 Å². The van der Waals surface area contributed by atoms with Crippen molar-refractivity contribution in [1.82, 2.24) is 10.2 Å². The van der Waals surface area contributed by atoms with Crippen molar-refractivity contribution >= 4 is 35.4 Å². The summed E-state index contributed by atoms with van der Waals surface area (Å²) in [4.78, 5) is 27.4. The molecule has 0 saturated carbocycles. The van der Waals surface area contributed by atoms with Gasteiger partial charge in [-0.2, -0.15) is 0 Å². The Morgan fingerprint density at radius 1 is 0.853 bits per heavy atom. The second kappa shape index (κ2) is 12.3. The number of hydrogen-bond donors (Lipinski definition) is 1. The third kappa shape index (κ3) is 9.82. The van der Waals surface area contributed by atoms with Gasteiger partial charge in [0.15, 0.2) is 0 Å². The standard InChI is InChI=1S/C26H34Cl2N2O4/c1-6-7-16-26(5,33-23(31)29-25(2,3)4)34-24(32)30(17-19-8-12-21(27)13-9-19)18-20-10-14-22(28)15-11-20/h8-15H,6-7,16-18H2,1-5H3,(H,29,31)/t26-/m0/s1. The Balaban J connectivity index is 2.24. The minimum absolute atomic E-state index is 0.288. The zero-order valence-electron chi connectivity index (χ0n) is 20.5. The second-order valence-corrected chi connectivity index (χ2v) is 10.4. The zero-order valence-corrected chi connectivity index (χ0v) is 22.0. The predicted octanol–water partition coefficient (Wildman–Crippen LogP) is 7.56. The lowest BCUT2D eigenvalue weighted by atomic mass is 10.1. The summed E-state index contributed by atoms with van der Waals surface area (Å²) in [7, 11) is 0. The number of nitrogens with zero attached hydrogens (tertiary/aromatic N) is 1. The number of benzene rings is 2. The van der Waals surface area contributed by atoms with Crippen molar-refractivity contribution < 1.29 is 19.1 Å². The lowest BCUT2D eigenvalue weighted by molar-refractivity contribution is -0.162. The van der Waals surface area contributed by atoms with E-state index in [0.29, 0.717) is 16.5 Å². The van der Waals surface area contributed by atoms with Crippen LogP contribution in [-0.2, 0) is 22.6 Å². The Morgan fingerprint density at radius 2 is 1.32 bits per heavy atom. The molecule has 0 aromatic heterocycles. The first-order chi connectivity index (χ1) is 15.9. The number of ether oxygens (including phenoxy) is 2. The average Bonchev–Trinajstić information content (AvgIpc) is 2.73. The summed E-state index contributed by atoms with van der Waals surface area (Å²) in [6, 6.07) is 14.5. The van der Waals surface area contributed by atoms with Crippen LogP contribution in [0, 0.1) is 0 Å². The fourth-order valence-electron chi connectivity index (χ4n) is 3.20. The molecule has 2 aromatic rings. The molecule has 0 bridgehead atoms. The summed E-state index contributed by atoms with van der Waals surface area (Å²) in [5, 5.41) is 3.98. The van der Waals surface area contributed by atoms with Gasteiger partial charge in [-0.1, -0.05) is 60.8 Å². The minimum atomic E-state index is -1.42. The molecular weight excluding hydrogens is 475 g/mol. The van der Waals surface area contributed by atoms with Crippen LogP contribution in [0.25, 0.3) is 0 Å². The van der Waals surface area contributed by atoms with Gasteiger partial charge in [-0.15, -0.1) is 0 Å². The van der Waals surface area contributed by atoms with E-state index in [1.807, 2.05) is 52.0 Å². The van der Waals surface area contributed by atoms with Crippen LogP contribution in [0.5, 0.6) is 0 Å². The van der Waals surface area contributed by atoms with E-state index in [4.69, 9.17) is 32.7 Å². The molecule has 0 saturated heterocycles. The molecule has 0 fully saturated rings. The molecule has 0 aliphatic carbocycles. The van der Waals surface area contributed by atoms with Gasteiger partial charge in [0, 0.05) is 42.0 Å². The zero-order chi connectivity index (χ0) is 25.4. The number of nitrogens with one attached hydrogen (secondary N) is 1. The summed E-state index contributed by atoms with van der Waals surface area (Å²) in [5.74, 6) is -1.42. The highest BCUT2D eigenvalue weighted by molar-refractivity contribution is 6.30. The molecule has 2 rings (SSSR count). The highest BCUT2D eigenvalue weighted by atomic mass is 35.5. The number of alkyl carbamates (subject to hydrolysis) is 1. The molecule has 1 N–H and O–H groups in total. The van der Waals surface area contributed by atoms with Gasteiger partial charge < -0.3 is 14.8 Å². The van der Waals surface area contributed by atoms with Gasteiger partial charge in [0.1, 0.15) is 0 Å². The number of carbonyl (C=O) groups is 2. The van der Waals surface area contributed by atoms with Crippen LogP contribution in [0.4, 0.5) is 9.59 Å². The van der Waals surface area contributed by atoms with Gasteiger partial charge >= 0.3 is 12.2 Å². The Bertz CT molecular complexity index is 895. The smallest absolute Gasteiger partial charge is 0.407 e. The van der Waals surface area contributed by atoms with Crippen LogP contribution >= 0.6 is 23.2 Å². The van der Waals surface area contributed by atoms with Crippen molar-refractivity contribution in [3.8, 4) is 0 Å². The normalized spacial score (nSPS) is 13.0. The molecule has 186 valence electrons. The third-order valence-electron chi connectivity index (χ3n) is 4.90. The Labute approximate surface area is 212 Å². The van der Waals surface area contributed by atoms with Crippen molar-refractivity contribution in [2.75, 3.05) is 0 Å². The fourth-order valence-corrected chi connectivity index (χ4v) is 3.46. The summed E-state index contributed by atoms with van der Waals surface area (Å²) >= 11 is 12.0. The number of hydrogen-bond acceptors (Lipinski definition) is 4. The maximum Gasteiger partial charge on any atom is 0.413 e. The highest BCUT2D eigenvalue weighted by Crippen LogP contribution is 2.24. The number of unbranched alkanes of at least 4 members (excludes halogenated alkanes) is 1. The second-order valence-electron chi connectivity index (χ2n) is 9.48. The lowest BCUT2D eigenvalue weighted by Crippen LogP contribution is -2.48. The summed E-state index contributed by atoms with van der Waals surface area (Å²) in [6.07, 6.45) is 0.730. The first-order valence-electron chi connectivity index (χ1n) is 11.4. The molecular formula is C26H34Cl2N2O4. The molecule has 34 heavy (non-hydrogen) atoms. The molecule has 0 aliphatic rings. The van der Waals surface area contributed by atoms with Crippen LogP contribution in [0.15, 0.2) is 48.5 Å². The first kappa shape index (κ1) is 27.8. The quantitative estimate of drug-likeness (QED) is 0.354. The van der Waals surface area contributed by atoms with Crippen molar-refractivity contribution in [2.45, 2.75) is 78.3 Å². The molecule has 0 spiro atoms. The van der Waals surface area contributed by atoms with Gasteiger partial charge in [-0.05, 0) is 62.6 Å². The molecule has 0 aliphatic heterocycles. The van der Waals surface area contributed by atoms with E-state index in [9.17, 15) is 9.59 Å². The Hall–Kier alpha value is -2.44. The molecule has 1 atom stereocenters. The summed E-state index contributed by atoms with van der Waals surface area (Å²) in [5.41, 5.74) is 1.29. The van der Waals surface area contributed by atoms with Gasteiger partial charge in [-0.25, -0.2) is 9.59 Å². The average molecular weight is 509 g/mol. The van der Waals surface area contributed by atoms with Crippen LogP contribution in [-0.4, -0.2) is 28.4 Å². The fraction of sp³-hybridized carbons (Fsp3) is 0.462. The molecule has 8 heteroatoms. The van der Waals surface area contributed by atoms with E-state index in [0.717, 1.165) is 24.0 Å². The van der Waals surface area contributed by atoms with Crippen LogP contribution in [0.3, 0.4) is 0 Å². The Kier molecular flexibility index (Phi) is 10.1. The van der Waals surface area contributed by atoms with Crippen LogP contribution in [0.2, 0.25) is 10.0 Å². The Morgan fingerprint density at radius 3 is 1.74 bits per heavy atom. The van der Waals surface area contributed by atoms with E-state index in [2.05, 4.69) is 5.32 Å². The maximum atomic E-state index is 13.4. The lowest BCUT2D eigenvalue weighted by Gasteiger charge is -2.33. The van der Waals surface area contributed by atoms with Gasteiger partial charge in [0.05, 0.1) is 0 Å². The highest BCUT2D eigenvalue weighted by Gasteiger charge is 2.35. The maximum absolute atomic E-state index is 13.4. The number of carbonyl (C=O) groups excluding carboxylic acids is 2. The minimum Gasteiger partial charge on any atom is -0.407 e. The molecule has 2 amide bonds. The van der Waals surface area contributed by atoms with E-state index in [1.54, 1.807) is 36.1 Å². The molecule has 0 radical (unpaired) electrons. The topological polar surface area (TPSA) is 67.9 Å². The predicted molar refractivity (Wildman–Crippen MR) is 136 cm³/mol. The molecule has 2 aromatic carbocycles. The molecule has 0 heterocycles. The van der Waals surface area contributed by atoms with E-state index in [1.165, 1.54) is 0 Å². The van der Waals surface area contributed by atoms with Crippen molar-refractivity contribution in [3.05, 3.63) is 69.7 Å². The van der Waals surface area contributed by atoms with E-state index < -0.39 is 23.5 Å². The van der Waals surface area contributed by atoms with Crippen LogP contribution < -0.4 is 5.32 Å². The van der Waals surface area contributed by atoms with Gasteiger partial charge in [0.25, 0.3) is 5.79 Å². The van der Waals surface area contributed by atoms with Crippen molar-refractivity contribution in [3.63, 3.8) is 0 Å².